The largest absolute Gasteiger partial charge is 0.347 e. The van der Waals surface area contributed by atoms with E-state index in [4.69, 9.17) is 23.2 Å². The summed E-state index contributed by atoms with van der Waals surface area (Å²) in [7, 11) is 0. The van der Waals surface area contributed by atoms with Gasteiger partial charge in [-0.2, -0.15) is 0 Å². The van der Waals surface area contributed by atoms with Crippen molar-refractivity contribution >= 4 is 40.1 Å². The molecular weight excluding hydrogens is 417 g/mol. The van der Waals surface area contributed by atoms with Crippen molar-refractivity contribution in [1.29, 1.82) is 0 Å². The molecule has 0 atom stereocenters. The van der Waals surface area contributed by atoms with Gasteiger partial charge in [-0.3, -0.25) is 4.79 Å². The van der Waals surface area contributed by atoms with Crippen molar-refractivity contribution in [2.24, 2.45) is 17.8 Å². The normalized spacial score (nSPS) is 29.5. The molecule has 4 fully saturated rings. The fourth-order valence-corrected chi connectivity index (χ4v) is 7.15. The molecule has 30 heavy (non-hydrogen) atoms. The molecule has 0 radical (unpaired) electrons. The minimum absolute atomic E-state index is 0.00499. The Labute approximate surface area is 185 Å². The van der Waals surface area contributed by atoms with Crippen LogP contribution in [0.2, 0.25) is 10.0 Å². The second-order valence-corrected chi connectivity index (χ2v) is 10.4. The Morgan fingerprint density at radius 1 is 1.00 bits per heavy atom. The fourth-order valence-electron chi connectivity index (χ4n) is 6.57. The number of aromatic amines is 1. The highest BCUT2D eigenvalue weighted by Crippen LogP contribution is 2.55. The highest BCUT2D eigenvalue weighted by Gasteiger charge is 2.51. The number of hydrogen-bond acceptors (Lipinski definition) is 2. The van der Waals surface area contributed by atoms with E-state index in [9.17, 15) is 4.79 Å². The lowest BCUT2D eigenvalue weighted by atomic mass is 9.53. The first-order chi connectivity index (χ1) is 14.5. The zero-order valence-corrected chi connectivity index (χ0v) is 18.1. The van der Waals surface area contributed by atoms with Crippen molar-refractivity contribution in [3.8, 4) is 11.4 Å². The van der Waals surface area contributed by atoms with Crippen molar-refractivity contribution < 1.29 is 4.79 Å². The van der Waals surface area contributed by atoms with E-state index in [0.717, 1.165) is 48.0 Å². The van der Waals surface area contributed by atoms with E-state index in [2.05, 4.69) is 15.3 Å². The highest BCUT2D eigenvalue weighted by molar-refractivity contribution is 6.39. The van der Waals surface area contributed by atoms with Crippen molar-refractivity contribution in [2.45, 2.75) is 44.1 Å². The summed E-state index contributed by atoms with van der Waals surface area (Å²) in [5.74, 6) is 3.03. The molecular formula is C24H23Cl2N3O. The minimum Gasteiger partial charge on any atom is -0.347 e. The van der Waals surface area contributed by atoms with Crippen LogP contribution in [0.4, 0.5) is 0 Å². The molecule has 1 aromatic heterocycles. The molecule has 4 saturated carbocycles. The number of benzene rings is 2. The summed E-state index contributed by atoms with van der Waals surface area (Å²) in [6.45, 7) is 0. The summed E-state index contributed by atoms with van der Waals surface area (Å²) in [6, 6.07) is 11.0. The van der Waals surface area contributed by atoms with Gasteiger partial charge < -0.3 is 10.3 Å². The lowest BCUT2D eigenvalue weighted by molar-refractivity contribution is -0.0167. The van der Waals surface area contributed by atoms with E-state index in [0.29, 0.717) is 27.0 Å². The number of imidazole rings is 1. The van der Waals surface area contributed by atoms with Crippen molar-refractivity contribution in [1.82, 2.24) is 15.3 Å². The average molecular weight is 440 g/mol. The number of rotatable bonds is 3. The van der Waals surface area contributed by atoms with Gasteiger partial charge in [-0.1, -0.05) is 29.3 Å². The first-order valence-corrected chi connectivity index (χ1v) is 11.5. The molecule has 0 spiro atoms. The summed E-state index contributed by atoms with van der Waals surface area (Å²) in [5, 5.41) is 4.53. The number of hydrogen-bond donors (Lipinski definition) is 2. The van der Waals surface area contributed by atoms with Gasteiger partial charge in [-0.05, 0) is 86.6 Å². The Kier molecular flexibility index (Phi) is 4.20. The van der Waals surface area contributed by atoms with E-state index in [1.165, 1.54) is 19.3 Å². The van der Waals surface area contributed by atoms with Gasteiger partial charge >= 0.3 is 0 Å². The van der Waals surface area contributed by atoms with Crippen molar-refractivity contribution in [2.75, 3.05) is 0 Å². The molecule has 0 saturated heterocycles. The minimum atomic E-state index is 0.00499. The van der Waals surface area contributed by atoms with Crippen LogP contribution in [-0.2, 0) is 0 Å². The van der Waals surface area contributed by atoms with E-state index in [1.807, 2.05) is 24.3 Å². The molecule has 1 amide bonds. The zero-order valence-electron chi connectivity index (χ0n) is 16.6. The van der Waals surface area contributed by atoms with Crippen LogP contribution in [0.3, 0.4) is 0 Å². The number of halogens is 2. The SMILES string of the molecule is O=C(NC12CC3CC(CC(C3)C1)C2)c1ccc2nc(-c3c(Cl)cccc3Cl)[nH]c2c1. The Morgan fingerprint density at radius 2 is 1.63 bits per heavy atom. The van der Waals surface area contributed by atoms with Crippen LogP contribution in [0.5, 0.6) is 0 Å². The molecule has 4 aliphatic carbocycles. The maximum absolute atomic E-state index is 13.2. The average Bonchev–Trinajstić information content (AvgIpc) is 3.09. The van der Waals surface area contributed by atoms with Gasteiger partial charge in [0.1, 0.15) is 5.82 Å². The van der Waals surface area contributed by atoms with Gasteiger partial charge in [0.15, 0.2) is 0 Å². The fraction of sp³-hybridized carbons (Fsp3) is 0.417. The van der Waals surface area contributed by atoms with E-state index >= 15 is 0 Å². The molecule has 0 aliphatic heterocycles. The molecule has 4 bridgehead atoms. The number of aromatic nitrogens is 2. The number of nitrogens with zero attached hydrogens (tertiary/aromatic N) is 1. The van der Waals surface area contributed by atoms with Gasteiger partial charge in [0, 0.05) is 11.1 Å². The summed E-state index contributed by atoms with van der Waals surface area (Å²) >= 11 is 12.7. The monoisotopic (exact) mass is 439 g/mol. The smallest absolute Gasteiger partial charge is 0.251 e. The Hall–Kier alpha value is -2.04. The van der Waals surface area contributed by atoms with Crippen molar-refractivity contribution in [3.63, 3.8) is 0 Å². The molecule has 4 aliphatic rings. The molecule has 7 rings (SSSR count). The van der Waals surface area contributed by atoms with Crippen LogP contribution in [0.1, 0.15) is 48.9 Å². The lowest BCUT2D eigenvalue weighted by Crippen LogP contribution is -2.59. The molecule has 0 unspecified atom stereocenters. The number of carbonyl (C=O) groups is 1. The van der Waals surface area contributed by atoms with Gasteiger partial charge in [0.2, 0.25) is 0 Å². The Balaban J connectivity index is 1.29. The molecule has 6 heteroatoms. The first kappa shape index (κ1) is 18.7. The lowest BCUT2D eigenvalue weighted by Gasteiger charge is -2.56. The summed E-state index contributed by atoms with van der Waals surface area (Å²) < 4.78 is 0. The van der Waals surface area contributed by atoms with Crippen LogP contribution in [0.25, 0.3) is 22.4 Å². The van der Waals surface area contributed by atoms with Gasteiger partial charge in [-0.25, -0.2) is 4.98 Å². The number of amides is 1. The number of carbonyl (C=O) groups excluding carboxylic acids is 1. The van der Waals surface area contributed by atoms with Gasteiger partial charge in [-0.15, -0.1) is 0 Å². The van der Waals surface area contributed by atoms with Crippen LogP contribution >= 0.6 is 23.2 Å². The van der Waals surface area contributed by atoms with E-state index in [1.54, 1.807) is 12.1 Å². The van der Waals surface area contributed by atoms with Crippen LogP contribution in [0, 0.1) is 17.8 Å². The summed E-state index contributed by atoms with van der Waals surface area (Å²) in [6.07, 6.45) is 7.53. The third-order valence-electron chi connectivity index (χ3n) is 7.36. The standard InChI is InChI=1S/C24H23Cl2N3O/c25-17-2-1-3-18(26)21(17)22-27-19-5-4-16(9-20(19)28-22)23(30)29-24-10-13-6-14(11-24)8-15(7-13)12-24/h1-5,9,13-15H,6-8,10-12H2,(H,27,28)(H,29,30). The van der Waals surface area contributed by atoms with Gasteiger partial charge in [0.05, 0.1) is 26.6 Å². The molecule has 3 aromatic rings. The van der Waals surface area contributed by atoms with Crippen LogP contribution in [-0.4, -0.2) is 21.4 Å². The van der Waals surface area contributed by atoms with Gasteiger partial charge in [0.25, 0.3) is 5.91 Å². The molecule has 4 nitrogen and oxygen atoms in total. The second kappa shape index (κ2) is 6.73. The predicted molar refractivity (Wildman–Crippen MR) is 120 cm³/mol. The molecule has 2 aromatic carbocycles. The topological polar surface area (TPSA) is 57.8 Å². The molecule has 2 N–H and O–H groups in total. The van der Waals surface area contributed by atoms with Crippen LogP contribution in [0.15, 0.2) is 36.4 Å². The quantitative estimate of drug-likeness (QED) is 0.507. The summed E-state index contributed by atoms with van der Waals surface area (Å²) in [5.41, 5.74) is 2.94. The second-order valence-electron chi connectivity index (χ2n) is 9.57. The van der Waals surface area contributed by atoms with Crippen molar-refractivity contribution in [3.05, 3.63) is 52.0 Å². The number of fused-ring (bicyclic) bond motifs is 1. The predicted octanol–water partition coefficient (Wildman–Crippen LogP) is 6.24. The number of H-pyrrole nitrogens is 1. The highest BCUT2D eigenvalue weighted by atomic mass is 35.5. The van der Waals surface area contributed by atoms with E-state index in [-0.39, 0.29) is 11.4 Å². The Bertz CT molecular complexity index is 1110. The Morgan fingerprint density at radius 3 is 2.27 bits per heavy atom. The maximum atomic E-state index is 13.2. The first-order valence-electron chi connectivity index (χ1n) is 10.7. The third-order valence-corrected chi connectivity index (χ3v) is 7.99. The van der Waals surface area contributed by atoms with E-state index < -0.39 is 0 Å². The third kappa shape index (κ3) is 3.04. The number of nitrogens with one attached hydrogen (secondary N) is 2. The molecule has 1 heterocycles. The zero-order chi connectivity index (χ0) is 20.5. The summed E-state index contributed by atoms with van der Waals surface area (Å²) in [4.78, 5) is 21.1. The van der Waals surface area contributed by atoms with Crippen LogP contribution < -0.4 is 5.32 Å². The maximum Gasteiger partial charge on any atom is 0.251 e. The molecule has 154 valence electrons.